The molecule has 0 atom stereocenters. The second-order valence-electron chi connectivity index (χ2n) is 6.69. The third-order valence-corrected chi connectivity index (χ3v) is 7.23. The quantitative estimate of drug-likeness (QED) is 0.379. The summed E-state index contributed by atoms with van der Waals surface area (Å²) in [6, 6.07) is 15.9. The molecule has 0 bridgehead atoms. The van der Waals surface area contributed by atoms with Crippen LogP contribution in [0.2, 0.25) is 0 Å². The Morgan fingerprint density at radius 2 is 1.74 bits per heavy atom. The van der Waals surface area contributed by atoms with Gasteiger partial charge in [0.15, 0.2) is 0 Å². The fourth-order valence-corrected chi connectivity index (χ4v) is 5.04. The minimum absolute atomic E-state index is 0.180. The molecular weight excluding hydrogens is 436 g/mol. The van der Waals surface area contributed by atoms with Gasteiger partial charge in [-0.1, -0.05) is 18.2 Å². The number of rotatable bonds is 12. The van der Waals surface area contributed by atoms with Gasteiger partial charge in [-0.3, -0.25) is 0 Å². The van der Waals surface area contributed by atoms with Gasteiger partial charge in [-0.2, -0.15) is 4.31 Å². The number of aromatic nitrogens is 1. The van der Waals surface area contributed by atoms with Crippen molar-refractivity contribution >= 4 is 21.4 Å². The summed E-state index contributed by atoms with van der Waals surface area (Å²) in [6.07, 6.45) is 0.583. The van der Waals surface area contributed by atoms with E-state index in [9.17, 15) is 8.42 Å². The number of para-hydroxylation sites is 1. The van der Waals surface area contributed by atoms with Crippen LogP contribution in [-0.2, 0) is 27.9 Å². The van der Waals surface area contributed by atoms with E-state index in [1.165, 1.54) is 15.6 Å². The van der Waals surface area contributed by atoms with Crippen LogP contribution in [0.15, 0.2) is 64.9 Å². The number of hydrogen-bond donors (Lipinski definition) is 0. The molecule has 31 heavy (non-hydrogen) atoms. The van der Waals surface area contributed by atoms with Gasteiger partial charge in [0.2, 0.25) is 10.0 Å². The van der Waals surface area contributed by atoms with E-state index in [0.717, 1.165) is 10.8 Å². The standard InChI is InChI=1S/C22H26N2O5S2/c1-27-14-6-13-24(31(25,26)21-11-9-19(28-2)10-12-21)15-18-17-30-22(23-18)16-29-20-7-4-3-5-8-20/h3-5,7-12,17H,6,13-16H2,1-2H3. The number of methoxy groups -OCH3 is 2. The molecule has 166 valence electrons. The van der Waals surface area contributed by atoms with E-state index in [0.29, 0.717) is 37.6 Å². The average Bonchev–Trinajstić information content (AvgIpc) is 3.25. The Morgan fingerprint density at radius 3 is 2.42 bits per heavy atom. The van der Waals surface area contributed by atoms with Crippen molar-refractivity contribution in [1.82, 2.24) is 9.29 Å². The first-order chi connectivity index (χ1) is 15.0. The van der Waals surface area contributed by atoms with Crippen LogP contribution < -0.4 is 9.47 Å². The van der Waals surface area contributed by atoms with Crippen LogP contribution in [0.4, 0.5) is 0 Å². The van der Waals surface area contributed by atoms with E-state index >= 15 is 0 Å². The Kier molecular flexibility index (Phi) is 8.42. The van der Waals surface area contributed by atoms with Crippen LogP contribution >= 0.6 is 11.3 Å². The SMILES string of the molecule is COCCCN(Cc1csc(COc2ccccc2)n1)S(=O)(=O)c1ccc(OC)cc1. The third kappa shape index (κ3) is 6.51. The van der Waals surface area contributed by atoms with Crippen LogP contribution in [0.5, 0.6) is 11.5 Å². The summed E-state index contributed by atoms with van der Waals surface area (Å²) < 4.78 is 43.9. The lowest BCUT2D eigenvalue weighted by atomic mass is 10.3. The number of benzene rings is 2. The van der Waals surface area contributed by atoms with Crippen LogP contribution in [-0.4, -0.2) is 45.1 Å². The molecule has 0 saturated heterocycles. The lowest BCUT2D eigenvalue weighted by molar-refractivity contribution is 0.186. The topological polar surface area (TPSA) is 78.0 Å². The fourth-order valence-electron chi connectivity index (χ4n) is 2.90. The Balaban J connectivity index is 1.72. The monoisotopic (exact) mass is 462 g/mol. The molecular formula is C22H26N2O5S2. The summed E-state index contributed by atoms with van der Waals surface area (Å²) in [5.41, 5.74) is 0.686. The van der Waals surface area contributed by atoms with Crippen molar-refractivity contribution in [2.75, 3.05) is 27.4 Å². The molecule has 3 aromatic rings. The molecule has 0 saturated carbocycles. The van der Waals surface area contributed by atoms with Gasteiger partial charge in [-0.15, -0.1) is 11.3 Å². The van der Waals surface area contributed by atoms with Crippen LogP contribution in [0.3, 0.4) is 0 Å². The molecule has 0 spiro atoms. The maximum atomic E-state index is 13.2. The summed E-state index contributed by atoms with van der Waals surface area (Å²) in [5, 5.41) is 2.66. The van der Waals surface area contributed by atoms with Gasteiger partial charge >= 0.3 is 0 Å². The summed E-state index contributed by atoms with van der Waals surface area (Å²) >= 11 is 1.45. The number of hydrogen-bond acceptors (Lipinski definition) is 7. The van der Waals surface area contributed by atoms with Crippen LogP contribution in [0.25, 0.3) is 0 Å². The largest absolute Gasteiger partial charge is 0.497 e. The van der Waals surface area contributed by atoms with E-state index in [1.54, 1.807) is 38.5 Å². The summed E-state index contributed by atoms with van der Waals surface area (Å²) in [7, 11) is -0.553. The maximum Gasteiger partial charge on any atom is 0.243 e. The second-order valence-corrected chi connectivity index (χ2v) is 9.58. The lowest BCUT2D eigenvalue weighted by Crippen LogP contribution is -2.32. The minimum Gasteiger partial charge on any atom is -0.497 e. The number of nitrogens with zero attached hydrogens (tertiary/aromatic N) is 2. The first kappa shape index (κ1) is 23.2. The van der Waals surface area contributed by atoms with Crippen molar-refractivity contribution in [2.24, 2.45) is 0 Å². The summed E-state index contributed by atoms with van der Waals surface area (Å²) in [4.78, 5) is 4.78. The molecule has 0 fully saturated rings. The van der Waals surface area contributed by atoms with Gasteiger partial charge in [0.1, 0.15) is 23.1 Å². The van der Waals surface area contributed by atoms with E-state index < -0.39 is 10.0 Å². The molecule has 3 rings (SSSR count). The predicted molar refractivity (Wildman–Crippen MR) is 120 cm³/mol. The average molecular weight is 463 g/mol. The van der Waals surface area contributed by atoms with Crippen molar-refractivity contribution in [3.8, 4) is 11.5 Å². The molecule has 0 aliphatic carbocycles. The van der Waals surface area contributed by atoms with Gasteiger partial charge < -0.3 is 14.2 Å². The number of sulfonamides is 1. The highest BCUT2D eigenvalue weighted by atomic mass is 32.2. The zero-order valence-corrected chi connectivity index (χ0v) is 19.2. The van der Waals surface area contributed by atoms with Crippen molar-refractivity contribution in [1.29, 1.82) is 0 Å². The third-order valence-electron chi connectivity index (χ3n) is 4.50. The van der Waals surface area contributed by atoms with Crippen LogP contribution in [0.1, 0.15) is 17.1 Å². The smallest absolute Gasteiger partial charge is 0.243 e. The summed E-state index contributed by atoms with van der Waals surface area (Å²) in [6.45, 7) is 1.32. The molecule has 0 aliphatic heterocycles. The second kappa shape index (κ2) is 11.2. The molecule has 9 heteroatoms. The fraction of sp³-hybridized carbons (Fsp3) is 0.318. The van der Waals surface area contributed by atoms with Gasteiger partial charge in [-0.05, 0) is 42.8 Å². The van der Waals surface area contributed by atoms with Gasteiger partial charge in [0.05, 0.1) is 24.2 Å². The van der Waals surface area contributed by atoms with E-state index in [4.69, 9.17) is 14.2 Å². The Hall–Kier alpha value is -2.46. The lowest BCUT2D eigenvalue weighted by Gasteiger charge is -2.21. The molecule has 1 heterocycles. The first-order valence-electron chi connectivity index (χ1n) is 9.77. The molecule has 2 aromatic carbocycles. The molecule has 0 N–H and O–H groups in total. The Bertz CT molecular complexity index is 1040. The van der Waals surface area contributed by atoms with E-state index in [2.05, 4.69) is 4.98 Å². The zero-order valence-electron chi connectivity index (χ0n) is 17.6. The zero-order chi connectivity index (χ0) is 22.1. The highest BCUT2D eigenvalue weighted by Gasteiger charge is 2.25. The maximum absolute atomic E-state index is 13.2. The molecule has 0 amide bonds. The van der Waals surface area contributed by atoms with Crippen molar-refractivity contribution in [2.45, 2.75) is 24.5 Å². The van der Waals surface area contributed by atoms with Crippen LogP contribution in [0, 0.1) is 0 Å². The molecule has 0 unspecified atom stereocenters. The molecule has 0 radical (unpaired) electrons. The number of ether oxygens (including phenoxy) is 3. The molecule has 1 aromatic heterocycles. The Morgan fingerprint density at radius 1 is 1.00 bits per heavy atom. The van der Waals surface area contributed by atoms with Gasteiger partial charge in [0.25, 0.3) is 0 Å². The van der Waals surface area contributed by atoms with E-state index in [-0.39, 0.29) is 11.4 Å². The van der Waals surface area contributed by atoms with Crippen molar-refractivity contribution < 1.29 is 22.6 Å². The van der Waals surface area contributed by atoms with Crippen molar-refractivity contribution in [3.05, 3.63) is 70.7 Å². The predicted octanol–water partition coefficient (Wildman–Crippen LogP) is 3.96. The minimum atomic E-state index is -3.70. The molecule has 7 nitrogen and oxygen atoms in total. The molecule has 0 aliphatic rings. The first-order valence-corrected chi connectivity index (χ1v) is 12.1. The van der Waals surface area contributed by atoms with Gasteiger partial charge in [-0.25, -0.2) is 13.4 Å². The van der Waals surface area contributed by atoms with E-state index in [1.807, 2.05) is 35.7 Å². The number of thiazole rings is 1. The van der Waals surface area contributed by atoms with Gasteiger partial charge in [0, 0.05) is 25.6 Å². The summed E-state index contributed by atoms with van der Waals surface area (Å²) in [5.74, 6) is 1.37. The Labute approximate surface area is 187 Å². The highest BCUT2D eigenvalue weighted by molar-refractivity contribution is 7.89. The van der Waals surface area contributed by atoms with Crippen molar-refractivity contribution in [3.63, 3.8) is 0 Å². The highest BCUT2D eigenvalue weighted by Crippen LogP contribution is 2.23. The normalized spacial score (nSPS) is 11.6.